The number of methoxy groups -OCH3 is 2. The van der Waals surface area contributed by atoms with Crippen molar-refractivity contribution in [1.82, 2.24) is 0 Å². The summed E-state index contributed by atoms with van der Waals surface area (Å²) in [6, 6.07) is 5.21. The Labute approximate surface area is 151 Å². The summed E-state index contributed by atoms with van der Waals surface area (Å²) >= 11 is 3.46. The summed E-state index contributed by atoms with van der Waals surface area (Å²) in [7, 11) is 3.18. The third kappa shape index (κ3) is 5.00. The maximum atomic E-state index is 11.8. The summed E-state index contributed by atoms with van der Waals surface area (Å²) in [6.07, 6.45) is 8.15. The fourth-order valence-corrected chi connectivity index (χ4v) is 3.27. The number of hydrogen-bond donors (Lipinski definition) is 0. The lowest BCUT2D eigenvalue weighted by molar-refractivity contribution is 0.355. The van der Waals surface area contributed by atoms with Gasteiger partial charge in [0.15, 0.2) is 11.5 Å². The van der Waals surface area contributed by atoms with Crippen LogP contribution in [0.3, 0.4) is 0 Å². The summed E-state index contributed by atoms with van der Waals surface area (Å²) in [4.78, 5) is 11.8. The average Bonchev–Trinajstić information content (AvgIpc) is 2.59. The normalized spacial score (nSPS) is 11.0. The molecule has 0 unspecified atom stereocenters. The first-order valence-electron chi connectivity index (χ1n) is 8.44. The van der Waals surface area contributed by atoms with E-state index in [-0.39, 0.29) is 5.63 Å². The molecule has 0 spiro atoms. The Bertz CT molecular complexity index is 708. The monoisotopic (exact) mass is 396 g/mol. The lowest BCUT2D eigenvalue weighted by atomic mass is 10.0. The lowest BCUT2D eigenvalue weighted by Gasteiger charge is -2.11. The molecule has 0 saturated carbocycles. The van der Waals surface area contributed by atoms with Gasteiger partial charge in [0, 0.05) is 22.8 Å². The van der Waals surface area contributed by atoms with Gasteiger partial charge in [-0.05, 0) is 30.9 Å². The van der Waals surface area contributed by atoms with Gasteiger partial charge in [0.25, 0.3) is 0 Å². The zero-order chi connectivity index (χ0) is 17.4. The molecule has 132 valence electrons. The van der Waals surface area contributed by atoms with Gasteiger partial charge in [0.05, 0.1) is 14.2 Å². The van der Waals surface area contributed by atoms with E-state index < -0.39 is 0 Å². The predicted molar refractivity (Wildman–Crippen MR) is 101 cm³/mol. The number of benzene rings is 1. The highest BCUT2D eigenvalue weighted by Gasteiger charge is 2.12. The van der Waals surface area contributed by atoms with Gasteiger partial charge >= 0.3 is 5.63 Å². The molecule has 1 heterocycles. The molecule has 0 radical (unpaired) electrons. The van der Waals surface area contributed by atoms with E-state index in [0.29, 0.717) is 17.1 Å². The van der Waals surface area contributed by atoms with Crippen LogP contribution in [-0.2, 0) is 6.42 Å². The standard InChI is InChI=1S/C19H25BrO4/c1-22-17-12-15-14(9-7-5-3-4-6-8-10-20)11-19(21)24-16(15)13-18(17)23-2/h11-13H,3-10H2,1-2H3. The van der Waals surface area contributed by atoms with Gasteiger partial charge in [-0.2, -0.15) is 0 Å². The lowest BCUT2D eigenvalue weighted by Crippen LogP contribution is -2.02. The third-order valence-corrected chi connectivity index (χ3v) is 4.72. The van der Waals surface area contributed by atoms with Crippen molar-refractivity contribution in [3.63, 3.8) is 0 Å². The van der Waals surface area contributed by atoms with E-state index in [2.05, 4.69) is 15.9 Å². The van der Waals surface area contributed by atoms with Crippen molar-refractivity contribution in [2.24, 2.45) is 0 Å². The van der Waals surface area contributed by atoms with Gasteiger partial charge < -0.3 is 13.9 Å². The second-order valence-electron chi connectivity index (χ2n) is 5.85. The van der Waals surface area contributed by atoms with Crippen LogP contribution in [0.25, 0.3) is 11.0 Å². The zero-order valence-corrected chi connectivity index (χ0v) is 16.0. The molecule has 0 saturated heterocycles. The van der Waals surface area contributed by atoms with Crippen molar-refractivity contribution >= 4 is 26.9 Å². The smallest absolute Gasteiger partial charge is 0.336 e. The second-order valence-corrected chi connectivity index (χ2v) is 6.65. The number of aryl methyl sites for hydroxylation is 1. The average molecular weight is 397 g/mol. The molecule has 24 heavy (non-hydrogen) atoms. The SMILES string of the molecule is COc1cc2oc(=O)cc(CCCCCCCCBr)c2cc1OC. The Morgan fingerprint density at radius 3 is 2.21 bits per heavy atom. The van der Waals surface area contributed by atoms with Crippen molar-refractivity contribution < 1.29 is 13.9 Å². The summed E-state index contributed by atoms with van der Waals surface area (Å²) in [5, 5.41) is 2.01. The Balaban J connectivity index is 2.10. The summed E-state index contributed by atoms with van der Waals surface area (Å²) < 4.78 is 16.0. The second kappa shape index (κ2) is 9.72. The van der Waals surface area contributed by atoms with Crippen molar-refractivity contribution in [3.8, 4) is 11.5 Å². The highest BCUT2D eigenvalue weighted by Crippen LogP contribution is 2.33. The number of halogens is 1. The van der Waals surface area contributed by atoms with Gasteiger partial charge in [-0.1, -0.05) is 41.6 Å². The van der Waals surface area contributed by atoms with Crippen molar-refractivity contribution in [2.75, 3.05) is 19.5 Å². The fraction of sp³-hybridized carbons (Fsp3) is 0.526. The topological polar surface area (TPSA) is 48.7 Å². The van der Waals surface area contributed by atoms with Crippen LogP contribution in [0.15, 0.2) is 27.4 Å². The van der Waals surface area contributed by atoms with E-state index >= 15 is 0 Å². The minimum Gasteiger partial charge on any atom is -0.493 e. The molecule has 0 bridgehead atoms. The number of unbranched alkanes of at least 4 members (excludes halogenated alkanes) is 5. The van der Waals surface area contributed by atoms with Gasteiger partial charge in [0.2, 0.25) is 0 Å². The number of alkyl halides is 1. The molecule has 0 fully saturated rings. The molecular weight excluding hydrogens is 372 g/mol. The van der Waals surface area contributed by atoms with Gasteiger partial charge in [-0.3, -0.25) is 0 Å². The molecular formula is C19H25BrO4. The van der Waals surface area contributed by atoms with Gasteiger partial charge in [0.1, 0.15) is 5.58 Å². The van der Waals surface area contributed by atoms with Gasteiger partial charge in [-0.15, -0.1) is 0 Å². The Hall–Kier alpha value is -1.49. The van der Waals surface area contributed by atoms with Crippen LogP contribution >= 0.6 is 15.9 Å². The molecule has 0 amide bonds. The van der Waals surface area contributed by atoms with Crippen LogP contribution in [0, 0.1) is 0 Å². The van der Waals surface area contributed by atoms with Crippen molar-refractivity contribution in [1.29, 1.82) is 0 Å². The molecule has 2 rings (SSSR count). The van der Waals surface area contributed by atoms with E-state index in [4.69, 9.17) is 13.9 Å². The molecule has 1 aromatic heterocycles. The van der Waals surface area contributed by atoms with Gasteiger partial charge in [-0.25, -0.2) is 4.79 Å². The molecule has 0 atom stereocenters. The highest BCUT2D eigenvalue weighted by atomic mass is 79.9. The maximum absolute atomic E-state index is 11.8. The minimum atomic E-state index is -0.318. The number of rotatable bonds is 10. The highest BCUT2D eigenvalue weighted by molar-refractivity contribution is 9.09. The number of ether oxygens (including phenoxy) is 2. The molecule has 2 aromatic rings. The first-order chi connectivity index (χ1) is 11.7. The Morgan fingerprint density at radius 2 is 1.54 bits per heavy atom. The molecule has 0 aliphatic rings. The molecule has 0 N–H and O–H groups in total. The minimum absolute atomic E-state index is 0.318. The largest absolute Gasteiger partial charge is 0.493 e. The van der Waals surface area contributed by atoms with E-state index in [0.717, 1.165) is 29.1 Å². The molecule has 0 aliphatic carbocycles. The Morgan fingerprint density at radius 1 is 0.917 bits per heavy atom. The summed E-state index contributed by atoms with van der Waals surface area (Å²) in [5.74, 6) is 1.21. The molecule has 0 aliphatic heterocycles. The van der Waals surface area contributed by atoms with Crippen LogP contribution in [0.5, 0.6) is 11.5 Å². The molecule has 4 nitrogen and oxygen atoms in total. The Kier molecular flexibility index (Phi) is 7.63. The first-order valence-corrected chi connectivity index (χ1v) is 9.56. The predicted octanol–water partition coefficient (Wildman–Crippen LogP) is 5.09. The van der Waals surface area contributed by atoms with Crippen LogP contribution in [0.2, 0.25) is 0 Å². The summed E-state index contributed by atoms with van der Waals surface area (Å²) in [5.41, 5.74) is 1.25. The van der Waals surface area contributed by atoms with Crippen molar-refractivity contribution in [3.05, 3.63) is 34.2 Å². The maximum Gasteiger partial charge on any atom is 0.336 e. The summed E-state index contributed by atoms with van der Waals surface area (Å²) in [6.45, 7) is 0. The fourth-order valence-electron chi connectivity index (χ4n) is 2.88. The van der Waals surface area contributed by atoms with Crippen molar-refractivity contribution in [2.45, 2.75) is 44.9 Å². The van der Waals surface area contributed by atoms with E-state index in [1.54, 1.807) is 26.4 Å². The van der Waals surface area contributed by atoms with E-state index in [1.807, 2.05) is 6.07 Å². The zero-order valence-electron chi connectivity index (χ0n) is 14.4. The van der Waals surface area contributed by atoms with E-state index in [1.165, 1.54) is 32.1 Å². The number of fused-ring (bicyclic) bond motifs is 1. The molecule has 1 aromatic carbocycles. The first kappa shape index (κ1) is 18.8. The van der Waals surface area contributed by atoms with Crippen LogP contribution in [0.4, 0.5) is 0 Å². The van der Waals surface area contributed by atoms with Crippen LogP contribution in [0.1, 0.15) is 44.1 Å². The molecule has 5 heteroatoms. The third-order valence-electron chi connectivity index (χ3n) is 4.16. The number of hydrogen-bond acceptors (Lipinski definition) is 4. The van der Waals surface area contributed by atoms with Crippen LogP contribution < -0.4 is 15.1 Å². The van der Waals surface area contributed by atoms with E-state index in [9.17, 15) is 4.79 Å². The van der Waals surface area contributed by atoms with Crippen LogP contribution in [-0.4, -0.2) is 19.5 Å². The quantitative estimate of drug-likeness (QED) is 0.318.